The molecule has 15 fully saturated rings. The molecule has 0 amide bonds. The standard InChI is InChI=1S/2C21H32O3.2C21H30O3/c4*1-12(22)16-6-7-17-15-5-4-13-10-14(23)8-9-20(13,2)19(15)18(24)11-21(16,17)3/h13,15-19,24H,4-11H2,1-3H3;13-17,19,23H,4-11H2,1-3H3;13,15-17,19H,4-11H2,1-3H3;10,15-19,24H,4-9,11H2,1-3H3/t13-,15?,16+,17?,18+,19?,20-,21+;13-,14+,15?,16+,17?,19?,20-,21+;13-,15?,16+,17?,19?,20-,21+;15?,16-,17?,18-,19?,20+,21-/m0001/s1. The van der Waals surface area contributed by atoms with Crippen molar-refractivity contribution < 1.29 is 58.5 Å². The molecule has 0 aromatic rings. The van der Waals surface area contributed by atoms with Crippen LogP contribution in [0.3, 0.4) is 0 Å². The van der Waals surface area contributed by atoms with Gasteiger partial charge in [-0.2, -0.15) is 0 Å². The summed E-state index contributed by atoms with van der Waals surface area (Å²) in [5.74, 6) is 9.88. The summed E-state index contributed by atoms with van der Waals surface area (Å²) in [6.45, 7) is 25.1. The Bertz CT molecular complexity index is 3200. The van der Waals surface area contributed by atoms with Crippen LogP contribution >= 0.6 is 0 Å². The molecule has 96 heavy (non-hydrogen) atoms. The number of carbonyl (C=O) groups excluding carboxylic acids is 9. The average Bonchev–Trinajstić information content (AvgIpc) is 1.37. The molecule has 16 aliphatic carbocycles. The number of rotatable bonds is 4. The minimum absolute atomic E-state index is 0.0138. The second kappa shape index (κ2) is 25.3. The van der Waals surface area contributed by atoms with Gasteiger partial charge < -0.3 is 15.3 Å². The maximum absolute atomic E-state index is 13.3. The molecule has 0 aliphatic heterocycles. The van der Waals surface area contributed by atoms with Crippen LogP contribution in [0.15, 0.2) is 11.6 Å². The first-order valence-corrected chi connectivity index (χ1v) is 39.5. The average molecular weight is 1330 g/mol. The van der Waals surface area contributed by atoms with Crippen LogP contribution in [0.5, 0.6) is 0 Å². The molecule has 0 spiro atoms. The van der Waals surface area contributed by atoms with E-state index >= 15 is 0 Å². The van der Waals surface area contributed by atoms with Gasteiger partial charge in [0.15, 0.2) is 5.78 Å². The molecular formula is C84H124O12. The Labute approximate surface area is 575 Å². The molecule has 0 heterocycles. The van der Waals surface area contributed by atoms with Gasteiger partial charge in [-0.3, -0.25) is 43.2 Å². The van der Waals surface area contributed by atoms with E-state index in [0.29, 0.717) is 144 Å². The van der Waals surface area contributed by atoms with E-state index in [9.17, 15) is 58.5 Å². The van der Waals surface area contributed by atoms with E-state index in [1.54, 1.807) is 27.7 Å². The van der Waals surface area contributed by atoms with E-state index in [2.05, 4.69) is 55.4 Å². The molecular weight excluding hydrogens is 1200 g/mol. The van der Waals surface area contributed by atoms with Crippen molar-refractivity contribution in [3.8, 4) is 0 Å². The number of allylic oxidation sites excluding steroid dienone is 1. The molecule has 0 bridgehead atoms. The lowest BCUT2D eigenvalue weighted by Crippen LogP contribution is -2.59. The fourth-order valence-electron chi connectivity index (χ4n) is 30.4. The Morgan fingerprint density at radius 2 is 0.781 bits per heavy atom. The smallest absolute Gasteiger partial charge is 0.155 e. The van der Waals surface area contributed by atoms with Crippen LogP contribution in [0.2, 0.25) is 0 Å². The zero-order chi connectivity index (χ0) is 69.1. The molecule has 0 aromatic heterocycles. The number of aliphatic hydroxyl groups excluding tert-OH is 3. The lowest BCUT2D eigenvalue weighted by Gasteiger charge is -2.61. The first kappa shape index (κ1) is 71.1. The first-order chi connectivity index (χ1) is 45.1. The zero-order valence-electron chi connectivity index (χ0n) is 61.2. The van der Waals surface area contributed by atoms with Crippen molar-refractivity contribution >= 4 is 52.0 Å². The summed E-state index contributed by atoms with van der Waals surface area (Å²) in [6.07, 6.45) is 29.8. The van der Waals surface area contributed by atoms with Crippen molar-refractivity contribution in [1.29, 1.82) is 0 Å². The quantitative estimate of drug-likeness (QED) is 0.240. The highest BCUT2D eigenvalue weighted by Gasteiger charge is 2.68. The van der Waals surface area contributed by atoms with Crippen molar-refractivity contribution in [3.05, 3.63) is 11.6 Å². The van der Waals surface area contributed by atoms with E-state index < -0.39 is 0 Å². The lowest BCUT2D eigenvalue weighted by atomic mass is 9.44. The van der Waals surface area contributed by atoms with Crippen LogP contribution < -0.4 is 0 Å². The predicted octanol–water partition coefficient (Wildman–Crippen LogP) is 15.2. The van der Waals surface area contributed by atoms with E-state index in [1.807, 2.05) is 6.08 Å². The van der Waals surface area contributed by atoms with Crippen LogP contribution in [-0.2, 0) is 43.2 Å². The molecule has 15 saturated carbocycles. The number of hydrogen-bond donors (Lipinski definition) is 3. The zero-order valence-corrected chi connectivity index (χ0v) is 61.2. The van der Waals surface area contributed by atoms with Gasteiger partial charge in [-0.25, -0.2) is 0 Å². The van der Waals surface area contributed by atoms with Crippen LogP contribution in [0.4, 0.5) is 0 Å². The number of aliphatic hydroxyl groups is 3. The Morgan fingerprint density at radius 1 is 0.385 bits per heavy atom. The van der Waals surface area contributed by atoms with Gasteiger partial charge >= 0.3 is 0 Å². The number of fused-ring (bicyclic) bond motifs is 20. The molecule has 532 valence electrons. The largest absolute Gasteiger partial charge is 0.393 e. The van der Waals surface area contributed by atoms with Gasteiger partial charge in [-0.15, -0.1) is 0 Å². The van der Waals surface area contributed by atoms with Gasteiger partial charge in [0.25, 0.3) is 0 Å². The van der Waals surface area contributed by atoms with Crippen LogP contribution in [-0.4, -0.2) is 85.7 Å². The summed E-state index contributed by atoms with van der Waals surface area (Å²) in [5, 5.41) is 32.4. The van der Waals surface area contributed by atoms with E-state index in [-0.39, 0.29) is 120 Å². The van der Waals surface area contributed by atoms with Crippen molar-refractivity contribution in [1.82, 2.24) is 0 Å². The van der Waals surface area contributed by atoms with Gasteiger partial charge in [-0.05, 0) is 308 Å². The molecule has 0 saturated heterocycles. The summed E-state index contributed by atoms with van der Waals surface area (Å²) in [4.78, 5) is 111. The van der Waals surface area contributed by atoms with Crippen LogP contribution in [0, 0.1) is 156 Å². The molecule has 0 radical (unpaired) electrons. The minimum Gasteiger partial charge on any atom is -0.393 e. The fourth-order valence-corrected chi connectivity index (χ4v) is 30.4. The monoisotopic (exact) mass is 1320 g/mol. The molecule has 30 atom stereocenters. The van der Waals surface area contributed by atoms with Gasteiger partial charge in [-0.1, -0.05) is 61.0 Å². The van der Waals surface area contributed by atoms with E-state index in [0.717, 1.165) is 161 Å². The van der Waals surface area contributed by atoms with Crippen LogP contribution in [0.1, 0.15) is 282 Å². The minimum atomic E-state index is -0.349. The normalized spacial score (nSPS) is 52.3. The molecule has 3 N–H and O–H groups in total. The van der Waals surface area contributed by atoms with E-state index in [1.165, 1.54) is 5.57 Å². The highest BCUT2D eigenvalue weighted by atomic mass is 16.3. The highest BCUT2D eigenvalue weighted by Crippen LogP contribution is 2.72. The maximum Gasteiger partial charge on any atom is 0.155 e. The number of ketones is 9. The van der Waals surface area contributed by atoms with Crippen molar-refractivity contribution in [3.63, 3.8) is 0 Å². The lowest BCUT2D eigenvalue weighted by molar-refractivity contribution is -0.173. The topological polar surface area (TPSA) is 214 Å². The van der Waals surface area contributed by atoms with Crippen molar-refractivity contribution in [2.24, 2.45) is 156 Å². The predicted molar refractivity (Wildman–Crippen MR) is 368 cm³/mol. The summed E-state index contributed by atoms with van der Waals surface area (Å²) in [5.41, 5.74) is 1.22. The summed E-state index contributed by atoms with van der Waals surface area (Å²) in [6, 6.07) is 0. The summed E-state index contributed by atoms with van der Waals surface area (Å²) >= 11 is 0. The van der Waals surface area contributed by atoms with Gasteiger partial charge in [0, 0.05) is 80.5 Å². The Hall–Kier alpha value is -3.35. The Morgan fingerprint density at radius 3 is 1.26 bits per heavy atom. The third-order valence-electron chi connectivity index (χ3n) is 34.8. The molecule has 16 aliphatic rings. The van der Waals surface area contributed by atoms with Gasteiger partial charge in [0.05, 0.1) is 18.3 Å². The number of Topliss-reactive ketones (excluding diaryl/α,β-unsaturated/α-hetero) is 8. The summed E-state index contributed by atoms with van der Waals surface area (Å²) in [7, 11) is 0. The first-order valence-electron chi connectivity index (χ1n) is 39.5. The molecule has 0 aromatic carbocycles. The second-order valence-corrected chi connectivity index (χ2v) is 38.7. The SMILES string of the molecule is CC(=O)[C@H]1CCC2C3CCC4=CC(=O)CC[C@]4(C)C3[C@H](O)C[C@@]21C.CC(=O)[C@H]1CCC2C3CC[C@H]4CC(=O)CC[C@]4(C)C3C(=O)C[C@@]21C.CC(=O)[C@H]1CCC2C3CC[C@H]4CC(=O)CC[C@]4(C)C3[C@H](O)C[C@@]21C.CC(=O)[C@H]1CCC2C3CC[C@H]4C[C@H](O)CC[C@]4(C)C3C(=O)C[C@@]21C. The Kier molecular flexibility index (Phi) is 18.7. The van der Waals surface area contributed by atoms with Crippen LogP contribution in [0.25, 0.3) is 0 Å². The second-order valence-electron chi connectivity index (χ2n) is 38.7. The molecule has 12 unspecified atom stereocenters. The fraction of sp³-hybridized carbons (Fsp3) is 0.869. The van der Waals surface area contributed by atoms with Crippen molar-refractivity contribution in [2.45, 2.75) is 300 Å². The highest BCUT2D eigenvalue weighted by molar-refractivity contribution is 5.92. The number of carbonyl (C=O) groups is 9. The molecule has 12 heteroatoms. The van der Waals surface area contributed by atoms with Gasteiger partial charge in [0.2, 0.25) is 0 Å². The third kappa shape index (κ3) is 11.1. The van der Waals surface area contributed by atoms with Crippen molar-refractivity contribution in [2.75, 3.05) is 0 Å². The Balaban J connectivity index is 0.000000116. The summed E-state index contributed by atoms with van der Waals surface area (Å²) < 4.78 is 0. The number of hydrogen-bond acceptors (Lipinski definition) is 12. The molecule has 16 rings (SSSR count). The molecule has 12 nitrogen and oxygen atoms in total. The van der Waals surface area contributed by atoms with E-state index in [4.69, 9.17) is 0 Å². The maximum atomic E-state index is 13.3. The third-order valence-corrected chi connectivity index (χ3v) is 34.8. The van der Waals surface area contributed by atoms with Gasteiger partial charge in [0.1, 0.15) is 46.3 Å².